The molecule has 0 spiro atoms. The molecule has 2 aromatic carbocycles. The second-order valence-corrected chi connectivity index (χ2v) is 6.51. The third-order valence-corrected chi connectivity index (χ3v) is 4.95. The Labute approximate surface area is 152 Å². The van der Waals surface area contributed by atoms with E-state index in [0.717, 1.165) is 16.6 Å². The minimum absolute atomic E-state index is 0.165. The lowest BCUT2D eigenvalue weighted by Gasteiger charge is -2.25. The maximum absolute atomic E-state index is 12.9. The molecule has 2 aromatic heterocycles. The molecule has 130 valence electrons. The van der Waals surface area contributed by atoms with Crippen molar-refractivity contribution in [2.24, 2.45) is 0 Å². The molecule has 0 aliphatic carbocycles. The van der Waals surface area contributed by atoms with Gasteiger partial charge in [0, 0.05) is 12.3 Å². The SMILES string of the molecule is N#Cc1ccc(C2CC(=O)Nc3c2c(=O)[nH]c2nc4ccccc4n32)cc1. The number of anilines is 1. The van der Waals surface area contributed by atoms with Crippen LogP contribution in [0.4, 0.5) is 5.82 Å². The number of amides is 1. The Morgan fingerprint density at radius 1 is 1.11 bits per heavy atom. The largest absolute Gasteiger partial charge is 0.311 e. The quantitative estimate of drug-likeness (QED) is 0.547. The summed E-state index contributed by atoms with van der Waals surface area (Å²) in [6.45, 7) is 0. The summed E-state index contributed by atoms with van der Waals surface area (Å²) in [5, 5.41) is 11.9. The molecule has 2 N–H and O–H groups in total. The summed E-state index contributed by atoms with van der Waals surface area (Å²) >= 11 is 0. The molecule has 1 aliphatic rings. The van der Waals surface area contributed by atoms with Crippen LogP contribution in [0, 0.1) is 11.3 Å². The third-order valence-electron chi connectivity index (χ3n) is 4.95. The molecule has 7 nitrogen and oxygen atoms in total. The number of fused-ring (bicyclic) bond motifs is 5. The predicted octanol–water partition coefficient (Wildman–Crippen LogP) is 2.52. The van der Waals surface area contributed by atoms with Gasteiger partial charge in [0.05, 0.1) is 28.2 Å². The molecular formula is C20H13N5O2. The Balaban J connectivity index is 1.82. The van der Waals surface area contributed by atoms with E-state index >= 15 is 0 Å². The van der Waals surface area contributed by atoms with E-state index in [4.69, 9.17) is 5.26 Å². The fourth-order valence-electron chi connectivity index (χ4n) is 3.72. The molecule has 0 saturated carbocycles. The summed E-state index contributed by atoms with van der Waals surface area (Å²) in [7, 11) is 0. The van der Waals surface area contributed by atoms with Gasteiger partial charge in [0.15, 0.2) is 0 Å². The molecule has 1 unspecified atom stereocenters. The number of nitrogens with zero attached hydrogens (tertiary/aromatic N) is 3. The first-order chi connectivity index (χ1) is 13.2. The van der Waals surface area contributed by atoms with E-state index in [-0.39, 0.29) is 17.9 Å². The Kier molecular flexibility index (Phi) is 3.15. The number of hydrogen-bond acceptors (Lipinski definition) is 4. The zero-order chi connectivity index (χ0) is 18.5. The molecule has 7 heteroatoms. The van der Waals surface area contributed by atoms with Gasteiger partial charge < -0.3 is 5.32 Å². The summed E-state index contributed by atoms with van der Waals surface area (Å²) in [6.07, 6.45) is 0.167. The first-order valence-corrected chi connectivity index (χ1v) is 8.49. The molecule has 4 aromatic rings. The fourth-order valence-corrected chi connectivity index (χ4v) is 3.72. The van der Waals surface area contributed by atoms with E-state index in [1.54, 1.807) is 28.7 Å². The van der Waals surface area contributed by atoms with Gasteiger partial charge in [-0.3, -0.25) is 19.0 Å². The number of H-pyrrole nitrogens is 1. The number of carbonyl (C=O) groups excluding carboxylic acids is 1. The summed E-state index contributed by atoms with van der Waals surface area (Å²) in [5.74, 6) is 0.283. The normalized spacial score (nSPS) is 16.1. The van der Waals surface area contributed by atoms with Crippen molar-refractivity contribution in [3.05, 3.63) is 75.6 Å². The zero-order valence-electron chi connectivity index (χ0n) is 14.1. The van der Waals surface area contributed by atoms with Gasteiger partial charge in [-0.05, 0) is 29.8 Å². The summed E-state index contributed by atoms with van der Waals surface area (Å²) < 4.78 is 1.78. The lowest BCUT2D eigenvalue weighted by molar-refractivity contribution is -0.116. The molecule has 1 amide bonds. The number of aromatic amines is 1. The number of nitrogens with one attached hydrogen (secondary N) is 2. The van der Waals surface area contributed by atoms with Crippen LogP contribution in [0.3, 0.4) is 0 Å². The highest BCUT2D eigenvalue weighted by atomic mass is 16.2. The molecule has 1 aliphatic heterocycles. The van der Waals surface area contributed by atoms with Crippen molar-refractivity contribution in [2.75, 3.05) is 5.32 Å². The second kappa shape index (κ2) is 5.54. The monoisotopic (exact) mass is 355 g/mol. The van der Waals surface area contributed by atoms with Crippen molar-refractivity contribution in [1.82, 2.24) is 14.4 Å². The molecular weight excluding hydrogens is 342 g/mol. The van der Waals surface area contributed by atoms with Crippen LogP contribution in [0.15, 0.2) is 53.3 Å². The molecule has 27 heavy (non-hydrogen) atoms. The van der Waals surface area contributed by atoms with Gasteiger partial charge in [-0.25, -0.2) is 4.98 Å². The highest BCUT2D eigenvalue weighted by molar-refractivity contribution is 5.96. The number of imidazole rings is 1. The van der Waals surface area contributed by atoms with E-state index in [9.17, 15) is 9.59 Å². The summed E-state index contributed by atoms with van der Waals surface area (Å²) in [6, 6.07) is 16.6. The average molecular weight is 355 g/mol. The van der Waals surface area contributed by atoms with Crippen molar-refractivity contribution < 1.29 is 4.79 Å². The van der Waals surface area contributed by atoms with E-state index in [2.05, 4.69) is 21.4 Å². The van der Waals surface area contributed by atoms with E-state index in [0.29, 0.717) is 22.7 Å². The molecule has 3 heterocycles. The molecule has 0 radical (unpaired) electrons. The molecule has 5 rings (SSSR count). The highest BCUT2D eigenvalue weighted by Crippen LogP contribution is 2.36. The van der Waals surface area contributed by atoms with Crippen molar-refractivity contribution in [3.63, 3.8) is 0 Å². The summed E-state index contributed by atoms with van der Waals surface area (Å²) in [5.41, 5.74) is 3.11. The number of para-hydroxylation sites is 2. The first-order valence-electron chi connectivity index (χ1n) is 8.49. The third kappa shape index (κ3) is 2.24. The van der Waals surface area contributed by atoms with E-state index < -0.39 is 5.92 Å². The Hall–Kier alpha value is -3.92. The minimum atomic E-state index is -0.393. The number of rotatable bonds is 1. The molecule has 1 atom stereocenters. The van der Waals surface area contributed by atoms with Gasteiger partial charge in [-0.2, -0.15) is 5.26 Å². The van der Waals surface area contributed by atoms with Crippen LogP contribution in [0.25, 0.3) is 16.8 Å². The maximum atomic E-state index is 12.9. The van der Waals surface area contributed by atoms with Crippen LogP contribution in [0.1, 0.15) is 29.0 Å². The highest BCUT2D eigenvalue weighted by Gasteiger charge is 2.32. The zero-order valence-corrected chi connectivity index (χ0v) is 14.1. The van der Waals surface area contributed by atoms with Gasteiger partial charge >= 0.3 is 0 Å². The van der Waals surface area contributed by atoms with Crippen LogP contribution >= 0.6 is 0 Å². The molecule has 0 bridgehead atoms. The Bertz CT molecular complexity index is 1320. The Morgan fingerprint density at radius 2 is 1.89 bits per heavy atom. The van der Waals surface area contributed by atoms with Crippen LogP contribution in [0.5, 0.6) is 0 Å². The van der Waals surface area contributed by atoms with Crippen LogP contribution in [-0.2, 0) is 4.79 Å². The van der Waals surface area contributed by atoms with Gasteiger partial charge in [0.25, 0.3) is 5.56 Å². The topological polar surface area (TPSA) is 103 Å². The average Bonchev–Trinajstić information content (AvgIpc) is 3.05. The van der Waals surface area contributed by atoms with Crippen LogP contribution < -0.4 is 10.9 Å². The minimum Gasteiger partial charge on any atom is -0.311 e. The summed E-state index contributed by atoms with van der Waals surface area (Å²) in [4.78, 5) is 32.6. The standard InChI is InChI=1S/C20H13N5O2/c21-10-11-5-7-12(8-6-11)13-9-16(26)23-18-17(13)19(27)24-20-22-14-3-1-2-4-15(14)25(18)20/h1-8,13H,9H2,(H,23,26)(H,22,24,27). The van der Waals surface area contributed by atoms with Crippen molar-refractivity contribution >= 4 is 28.5 Å². The lowest BCUT2D eigenvalue weighted by atomic mass is 9.86. The van der Waals surface area contributed by atoms with E-state index in [1.807, 2.05) is 24.3 Å². The number of nitriles is 1. The van der Waals surface area contributed by atoms with Gasteiger partial charge in [-0.15, -0.1) is 0 Å². The van der Waals surface area contributed by atoms with Crippen molar-refractivity contribution in [1.29, 1.82) is 5.26 Å². The van der Waals surface area contributed by atoms with Crippen molar-refractivity contribution in [2.45, 2.75) is 12.3 Å². The Morgan fingerprint density at radius 3 is 2.67 bits per heavy atom. The number of aromatic nitrogens is 3. The van der Waals surface area contributed by atoms with E-state index in [1.165, 1.54) is 0 Å². The smallest absolute Gasteiger partial charge is 0.258 e. The molecule has 0 fully saturated rings. The number of carbonyl (C=O) groups is 1. The van der Waals surface area contributed by atoms with Crippen molar-refractivity contribution in [3.8, 4) is 6.07 Å². The number of benzene rings is 2. The van der Waals surface area contributed by atoms with Crippen LogP contribution in [-0.4, -0.2) is 20.3 Å². The lowest BCUT2D eigenvalue weighted by Crippen LogP contribution is -2.32. The van der Waals surface area contributed by atoms with Crippen LogP contribution in [0.2, 0.25) is 0 Å². The second-order valence-electron chi connectivity index (χ2n) is 6.51. The first kappa shape index (κ1) is 15.3. The maximum Gasteiger partial charge on any atom is 0.258 e. The molecule has 0 saturated heterocycles. The van der Waals surface area contributed by atoms with Gasteiger partial charge in [0.2, 0.25) is 11.7 Å². The van der Waals surface area contributed by atoms with Gasteiger partial charge in [-0.1, -0.05) is 24.3 Å². The van der Waals surface area contributed by atoms with Gasteiger partial charge in [0.1, 0.15) is 5.82 Å². The fraction of sp³-hybridized carbons (Fsp3) is 0.100. The predicted molar refractivity (Wildman–Crippen MR) is 99.6 cm³/mol. The number of hydrogen-bond donors (Lipinski definition) is 2.